The highest BCUT2D eigenvalue weighted by Gasteiger charge is 2.19. The molecular formula is C12H18N4O2S2. The van der Waals surface area contributed by atoms with Gasteiger partial charge in [0, 0.05) is 17.6 Å². The topological polar surface area (TPSA) is 86.9 Å². The third-order valence-electron chi connectivity index (χ3n) is 2.73. The molecule has 0 unspecified atom stereocenters. The van der Waals surface area contributed by atoms with E-state index >= 15 is 0 Å². The van der Waals surface area contributed by atoms with E-state index in [0.29, 0.717) is 16.4 Å². The quantitative estimate of drug-likeness (QED) is 0.683. The third kappa shape index (κ3) is 3.59. The first kappa shape index (κ1) is 15.0. The van der Waals surface area contributed by atoms with E-state index in [0.717, 1.165) is 23.4 Å². The smallest absolute Gasteiger partial charge is 0.271 e. The first-order chi connectivity index (χ1) is 9.53. The molecule has 0 aliphatic heterocycles. The van der Waals surface area contributed by atoms with E-state index in [2.05, 4.69) is 27.2 Å². The van der Waals surface area contributed by atoms with Crippen molar-refractivity contribution in [2.24, 2.45) is 0 Å². The molecule has 6 nitrogen and oxygen atoms in total. The van der Waals surface area contributed by atoms with Gasteiger partial charge in [0.25, 0.3) is 10.0 Å². The number of anilines is 1. The Morgan fingerprint density at radius 2 is 2.25 bits per heavy atom. The highest BCUT2D eigenvalue weighted by Crippen LogP contribution is 2.27. The van der Waals surface area contributed by atoms with Crippen molar-refractivity contribution in [3.05, 3.63) is 28.9 Å². The highest BCUT2D eigenvalue weighted by molar-refractivity contribution is 7.94. The average molecular weight is 314 g/mol. The molecular weight excluding hydrogens is 296 g/mol. The number of nitrogens with zero attached hydrogens (tertiary/aromatic N) is 1. The number of hydrogen-bond donors (Lipinski definition) is 3. The van der Waals surface area contributed by atoms with Gasteiger partial charge in [0.05, 0.1) is 11.9 Å². The number of aromatic nitrogens is 2. The second-order valence-corrected chi connectivity index (χ2v) is 7.49. The van der Waals surface area contributed by atoms with Gasteiger partial charge in [0.15, 0.2) is 0 Å². The Balaban J connectivity index is 2.14. The van der Waals surface area contributed by atoms with Crippen LogP contribution in [-0.4, -0.2) is 25.2 Å². The Bertz CT molecular complexity index is 647. The van der Waals surface area contributed by atoms with Gasteiger partial charge in [-0.25, -0.2) is 8.42 Å². The van der Waals surface area contributed by atoms with Gasteiger partial charge >= 0.3 is 0 Å². The monoisotopic (exact) mass is 314 g/mol. The van der Waals surface area contributed by atoms with E-state index < -0.39 is 10.0 Å². The van der Waals surface area contributed by atoms with Crippen LogP contribution in [0.3, 0.4) is 0 Å². The number of thiophene rings is 1. The molecule has 110 valence electrons. The average Bonchev–Trinajstić information content (AvgIpc) is 3.00. The zero-order valence-corrected chi connectivity index (χ0v) is 13.1. The highest BCUT2D eigenvalue weighted by atomic mass is 32.2. The maximum absolute atomic E-state index is 12.2. The maximum atomic E-state index is 12.2. The fourth-order valence-electron chi connectivity index (χ4n) is 1.69. The molecule has 8 heteroatoms. The lowest BCUT2D eigenvalue weighted by atomic mass is 10.3. The zero-order chi connectivity index (χ0) is 14.6. The summed E-state index contributed by atoms with van der Waals surface area (Å²) in [6.45, 7) is 5.65. The van der Waals surface area contributed by atoms with E-state index in [1.165, 1.54) is 23.7 Å². The summed E-state index contributed by atoms with van der Waals surface area (Å²) >= 11 is 1.30. The first-order valence-electron chi connectivity index (χ1n) is 6.34. The molecule has 0 bridgehead atoms. The molecule has 2 rings (SSSR count). The van der Waals surface area contributed by atoms with Crippen molar-refractivity contribution in [3.63, 3.8) is 0 Å². The van der Waals surface area contributed by atoms with Gasteiger partial charge in [0.2, 0.25) is 0 Å². The Labute approximate surface area is 122 Å². The molecule has 0 aliphatic rings. The van der Waals surface area contributed by atoms with Crippen molar-refractivity contribution < 1.29 is 8.42 Å². The molecule has 0 fully saturated rings. The van der Waals surface area contributed by atoms with Crippen molar-refractivity contribution in [2.75, 3.05) is 11.3 Å². The van der Waals surface area contributed by atoms with Gasteiger partial charge in [-0.2, -0.15) is 5.10 Å². The SMILES string of the molecule is CCCNCc1sc(S(=O)(=O)Nc2cn[nH]c2)cc1C. The minimum atomic E-state index is -3.53. The van der Waals surface area contributed by atoms with Crippen LogP contribution in [0.2, 0.25) is 0 Å². The normalized spacial score (nSPS) is 11.7. The first-order valence-corrected chi connectivity index (χ1v) is 8.64. The predicted octanol–water partition coefficient (Wildman–Crippen LogP) is 2.08. The van der Waals surface area contributed by atoms with E-state index in [9.17, 15) is 8.42 Å². The molecule has 0 spiro atoms. The summed E-state index contributed by atoms with van der Waals surface area (Å²) in [7, 11) is -3.53. The zero-order valence-electron chi connectivity index (χ0n) is 11.4. The van der Waals surface area contributed by atoms with Crippen LogP contribution in [0.4, 0.5) is 5.69 Å². The second-order valence-electron chi connectivity index (χ2n) is 4.44. The lowest BCUT2D eigenvalue weighted by molar-refractivity contribution is 0.603. The number of hydrogen-bond acceptors (Lipinski definition) is 5. The Hall–Kier alpha value is -1.38. The maximum Gasteiger partial charge on any atom is 0.271 e. The van der Waals surface area contributed by atoms with Gasteiger partial charge in [-0.1, -0.05) is 6.92 Å². The lowest BCUT2D eigenvalue weighted by Crippen LogP contribution is -2.13. The van der Waals surface area contributed by atoms with Crippen molar-refractivity contribution in [1.29, 1.82) is 0 Å². The number of aryl methyl sites for hydroxylation is 1. The molecule has 0 saturated heterocycles. The third-order valence-corrected chi connectivity index (χ3v) is 5.82. The molecule has 3 N–H and O–H groups in total. The van der Waals surface area contributed by atoms with Crippen LogP contribution in [0.15, 0.2) is 22.7 Å². The van der Waals surface area contributed by atoms with Gasteiger partial charge in [-0.15, -0.1) is 11.3 Å². The molecule has 0 radical (unpaired) electrons. The van der Waals surface area contributed by atoms with E-state index in [1.54, 1.807) is 6.07 Å². The van der Waals surface area contributed by atoms with Gasteiger partial charge in [0.1, 0.15) is 4.21 Å². The van der Waals surface area contributed by atoms with E-state index in [1.807, 2.05) is 6.92 Å². The van der Waals surface area contributed by atoms with Crippen LogP contribution in [0.1, 0.15) is 23.8 Å². The largest absolute Gasteiger partial charge is 0.312 e. The number of aromatic amines is 1. The van der Waals surface area contributed by atoms with Crippen molar-refractivity contribution >= 4 is 27.0 Å². The summed E-state index contributed by atoms with van der Waals surface area (Å²) in [6, 6.07) is 1.70. The van der Waals surface area contributed by atoms with Crippen molar-refractivity contribution in [2.45, 2.75) is 31.0 Å². The van der Waals surface area contributed by atoms with E-state index in [4.69, 9.17) is 0 Å². The predicted molar refractivity (Wildman–Crippen MR) is 80.4 cm³/mol. The van der Waals surface area contributed by atoms with Crippen LogP contribution in [0.25, 0.3) is 0 Å². The number of H-pyrrole nitrogens is 1. The fraction of sp³-hybridized carbons (Fsp3) is 0.417. The van der Waals surface area contributed by atoms with E-state index in [-0.39, 0.29) is 0 Å². The summed E-state index contributed by atoms with van der Waals surface area (Å²) in [4.78, 5) is 1.05. The second kappa shape index (κ2) is 6.38. The molecule has 0 saturated carbocycles. The lowest BCUT2D eigenvalue weighted by Gasteiger charge is -2.02. The summed E-state index contributed by atoms with van der Waals surface area (Å²) in [6.07, 6.45) is 3.99. The van der Waals surface area contributed by atoms with Crippen LogP contribution in [-0.2, 0) is 16.6 Å². The Morgan fingerprint density at radius 1 is 1.45 bits per heavy atom. The summed E-state index contributed by atoms with van der Waals surface area (Å²) in [5.41, 5.74) is 1.42. The van der Waals surface area contributed by atoms with Crippen LogP contribution in [0, 0.1) is 6.92 Å². The molecule has 0 aromatic carbocycles. The summed E-state index contributed by atoms with van der Waals surface area (Å²) in [5, 5.41) is 9.57. The Morgan fingerprint density at radius 3 is 2.90 bits per heavy atom. The molecule has 2 aromatic heterocycles. The number of rotatable bonds is 7. The van der Waals surface area contributed by atoms with Gasteiger partial charge in [-0.3, -0.25) is 9.82 Å². The molecule has 0 atom stereocenters. The Kier molecular flexibility index (Phi) is 4.79. The van der Waals surface area contributed by atoms with Crippen LogP contribution >= 0.6 is 11.3 Å². The molecule has 2 heterocycles. The standard InChI is InChI=1S/C12H18N4O2S2/c1-3-4-13-8-11-9(2)5-12(19-11)20(17,18)16-10-6-14-15-7-10/h5-7,13,16H,3-4,8H2,1-2H3,(H,14,15). The number of sulfonamides is 1. The molecule has 2 aromatic rings. The van der Waals surface area contributed by atoms with Crippen LogP contribution < -0.4 is 10.0 Å². The van der Waals surface area contributed by atoms with Gasteiger partial charge < -0.3 is 5.32 Å². The molecule has 0 amide bonds. The van der Waals surface area contributed by atoms with Crippen LogP contribution in [0.5, 0.6) is 0 Å². The molecule has 20 heavy (non-hydrogen) atoms. The van der Waals surface area contributed by atoms with Crippen molar-refractivity contribution in [1.82, 2.24) is 15.5 Å². The summed E-state index contributed by atoms with van der Waals surface area (Å²) in [5.74, 6) is 0. The van der Waals surface area contributed by atoms with Crippen molar-refractivity contribution in [3.8, 4) is 0 Å². The minimum Gasteiger partial charge on any atom is -0.312 e. The number of nitrogens with one attached hydrogen (secondary N) is 3. The minimum absolute atomic E-state index is 0.324. The molecule has 0 aliphatic carbocycles. The fourth-order valence-corrected chi connectivity index (χ4v) is 4.28. The summed E-state index contributed by atoms with van der Waals surface area (Å²) < 4.78 is 27.3. The van der Waals surface area contributed by atoms with Gasteiger partial charge in [-0.05, 0) is 31.5 Å².